The Morgan fingerprint density at radius 2 is 2.18 bits per heavy atom. The van der Waals surface area contributed by atoms with Gasteiger partial charge >= 0.3 is 11.9 Å². The third kappa shape index (κ3) is 2.35. The number of esters is 2. The first-order valence-electron chi connectivity index (χ1n) is 7.98. The smallest absolute Gasteiger partial charge is 0.309 e. The summed E-state index contributed by atoms with van der Waals surface area (Å²) in [5, 5.41) is 10.8. The van der Waals surface area contributed by atoms with Gasteiger partial charge in [0.1, 0.15) is 12.2 Å². The molecule has 3 fully saturated rings. The monoisotopic (exact) mass is 308 g/mol. The first-order valence-corrected chi connectivity index (χ1v) is 7.98. The van der Waals surface area contributed by atoms with Gasteiger partial charge in [0.25, 0.3) is 0 Å². The Balaban J connectivity index is 1.92. The van der Waals surface area contributed by atoms with Crippen molar-refractivity contribution in [2.75, 3.05) is 0 Å². The van der Waals surface area contributed by atoms with Gasteiger partial charge in [-0.3, -0.25) is 9.59 Å². The number of aliphatic hydroxyl groups is 1. The maximum Gasteiger partial charge on any atom is 0.309 e. The summed E-state index contributed by atoms with van der Waals surface area (Å²) in [5.41, 5.74) is -0.00281. The lowest BCUT2D eigenvalue weighted by Crippen LogP contribution is -2.34. The number of ether oxygens (including phenoxy) is 2. The number of carbonyl (C=O) groups is 2. The van der Waals surface area contributed by atoms with E-state index in [2.05, 4.69) is 6.58 Å². The normalized spacial score (nSPS) is 47.5. The Labute approximate surface area is 130 Å². The SMILES string of the molecule is C=C1CC2OC(=O)C(C)C2CC2C1C(OC(C)=O)CC2(C)O. The van der Waals surface area contributed by atoms with Gasteiger partial charge in [0, 0.05) is 31.6 Å². The second-order valence-electron chi connectivity index (χ2n) is 7.37. The van der Waals surface area contributed by atoms with Crippen LogP contribution in [0.25, 0.3) is 0 Å². The molecule has 0 aromatic rings. The number of hydrogen-bond donors (Lipinski definition) is 1. The van der Waals surface area contributed by atoms with Crippen LogP contribution in [0, 0.1) is 23.7 Å². The predicted molar refractivity (Wildman–Crippen MR) is 78.7 cm³/mol. The molecule has 5 heteroatoms. The minimum absolute atomic E-state index is 0.0590. The summed E-state index contributed by atoms with van der Waals surface area (Å²) in [6, 6.07) is 0. The van der Waals surface area contributed by atoms with Gasteiger partial charge < -0.3 is 14.6 Å². The van der Waals surface area contributed by atoms with Crippen molar-refractivity contribution < 1.29 is 24.2 Å². The third-order valence-corrected chi connectivity index (χ3v) is 5.78. The van der Waals surface area contributed by atoms with Crippen molar-refractivity contribution in [3.8, 4) is 0 Å². The van der Waals surface area contributed by atoms with Gasteiger partial charge in [0.2, 0.25) is 0 Å². The number of rotatable bonds is 1. The molecule has 0 aromatic heterocycles. The van der Waals surface area contributed by atoms with Crippen LogP contribution in [-0.2, 0) is 19.1 Å². The van der Waals surface area contributed by atoms with Crippen LogP contribution in [-0.4, -0.2) is 34.9 Å². The van der Waals surface area contributed by atoms with Gasteiger partial charge in [-0.15, -0.1) is 0 Å². The largest absolute Gasteiger partial charge is 0.462 e. The molecule has 2 saturated carbocycles. The predicted octanol–water partition coefficient (Wildman–Crippen LogP) is 1.83. The van der Waals surface area contributed by atoms with E-state index in [0.717, 1.165) is 5.57 Å². The highest BCUT2D eigenvalue weighted by atomic mass is 16.6. The van der Waals surface area contributed by atoms with Crippen LogP contribution in [0.1, 0.15) is 40.0 Å². The molecule has 5 nitrogen and oxygen atoms in total. The third-order valence-electron chi connectivity index (χ3n) is 5.78. The summed E-state index contributed by atoms with van der Waals surface area (Å²) in [6.07, 6.45) is 1.22. The quantitative estimate of drug-likeness (QED) is 0.591. The van der Waals surface area contributed by atoms with Crippen molar-refractivity contribution in [3.05, 3.63) is 12.2 Å². The number of carbonyl (C=O) groups excluding carboxylic acids is 2. The van der Waals surface area contributed by atoms with Crippen molar-refractivity contribution >= 4 is 11.9 Å². The minimum Gasteiger partial charge on any atom is -0.462 e. The Kier molecular flexibility index (Phi) is 3.59. The molecule has 7 atom stereocenters. The highest BCUT2D eigenvalue weighted by Crippen LogP contribution is 2.54. The maximum absolute atomic E-state index is 11.8. The van der Waals surface area contributed by atoms with E-state index in [1.165, 1.54) is 6.92 Å². The molecule has 3 rings (SSSR count). The summed E-state index contributed by atoms with van der Waals surface area (Å²) >= 11 is 0. The molecule has 2 aliphatic carbocycles. The summed E-state index contributed by atoms with van der Waals surface area (Å²) in [4.78, 5) is 23.2. The molecule has 1 N–H and O–H groups in total. The van der Waals surface area contributed by atoms with Crippen LogP contribution < -0.4 is 0 Å². The van der Waals surface area contributed by atoms with Gasteiger partial charge in [-0.2, -0.15) is 0 Å². The van der Waals surface area contributed by atoms with Crippen molar-refractivity contribution in [2.24, 2.45) is 23.7 Å². The molecule has 7 unspecified atom stereocenters. The Morgan fingerprint density at radius 1 is 1.50 bits per heavy atom. The topological polar surface area (TPSA) is 72.8 Å². The van der Waals surface area contributed by atoms with Crippen LogP contribution in [0.4, 0.5) is 0 Å². The van der Waals surface area contributed by atoms with Gasteiger partial charge in [-0.25, -0.2) is 0 Å². The zero-order chi connectivity index (χ0) is 16.2. The van der Waals surface area contributed by atoms with E-state index >= 15 is 0 Å². The highest BCUT2D eigenvalue weighted by Gasteiger charge is 2.57. The minimum atomic E-state index is -0.923. The molecule has 3 aliphatic rings. The zero-order valence-corrected chi connectivity index (χ0v) is 13.4. The van der Waals surface area contributed by atoms with Gasteiger partial charge in [0.05, 0.1) is 11.5 Å². The lowest BCUT2D eigenvalue weighted by atomic mass is 9.77. The second kappa shape index (κ2) is 5.08. The highest BCUT2D eigenvalue weighted by molar-refractivity contribution is 5.75. The standard InChI is InChI=1S/C17H24O5/c1-8-5-13-11(9(2)16(19)22-13)6-12-15(8)14(21-10(3)18)7-17(12,4)20/h9,11-15,20H,1,5-7H2,2-4H3. The van der Waals surface area contributed by atoms with Crippen LogP contribution in [0.15, 0.2) is 12.2 Å². The van der Waals surface area contributed by atoms with Crippen molar-refractivity contribution in [2.45, 2.75) is 57.8 Å². The summed E-state index contributed by atoms with van der Waals surface area (Å²) < 4.78 is 10.9. The van der Waals surface area contributed by atoms with E-state index in [1.54, 1.807) is 6.92 Å². The first kappa shape index (κ1) is 15.5. The van der Waals surface area contributed by atoms with Crippen LogP contribution in [0.2, 0.25) is 0 Å². The maximum atomic E-state index is 11.8. The Hall–Kier alpha value is -1.36. The molecule has 1 heterocycles. The van der Waals surface area contributed by atoms with E-state index in [1.807, 2.05) is 6.92 Å². The van der Waals surface area contributed by atoms with Gasteiger partial charge in [-0.1, -0.05) is 19.1 Å². The zero-order valence-electron chi connectivity index (χ0n) is 13.4. The van der Waals surface area contributed by atoms with Crippen molar-refractivity contribution in [1.82, 2.24) is 0 Å². The van der Waals surface area contributed by atoms with Crippen LogP contribution in [0.5, 0.6) is 0 Å². The summed E-state index contributed by atoms with van der Waals surface area (Å²) in [7, 11) is 0. The fourth-order valence-electron chi connectivity index (χ4n) is 4.68. The molecule has 1 saturated heterocycles. The van der Waals surface area contributed by atoms with Gasteiger partial charge in [0.15, 0.2) is 0 Å². The van der Waals surface area contributed by atoms with E-state index in [4.69, 9.17) is 9.47 Å². The molecular weight excluding hydrogens is 284 g/mol. The molecule has 0 amide bonds. The lowest BCUT2D eigenvalue weighted by molar-refractivity contribution is -0.148. The van der Waals surface area contributed by atoms with Crippen LogP contribution in [0.3, 0.4) is 0 Å². The fraction of sp³-hybridized carbons (Fsp3) is 0.765. The van der Waals surface area contributed by atoms with E-state index in [0.29, 0.717) is 19.3 Å². The fourth-order valence-corrected chi connectivity index (χ4v) is 4.68. The summed E-state index contributed by atoms with van der Waals surface area (Å²) in [6.45, 7) is 9.23. The molecule has 0 bridgehead atoms. The summed E-state index contributed by atoms with van der Waals surface area (Å²) in [5.74, 6) is -0.664. The van der Waals surface area contributed by atoms with Crippen LogP contribution >= 0.6 is 0 Å². The average molecular weight is 308 g/mol. The first-order chi connectivity index (χ1) is 10.2. The van der Waals surface area contributed by atoms with E-state index in [-0.39, 0.29) is 47.8 Å². The average Bonchev–Trinajstić information content (AvgIpc) is 2.71. The Morgan fingerprint density at radius 3 is 2.82 bits per heavy atom. The molecule has 0 radical (unpaired) electrons. The van der Waals surface area contributed by atoms with Gasteiger partial charge in [-0.05, 0) is 19.3 Å². The molecule has 1 aliphatic heterocycles. The van der Waals surface area contributed by atoms with Crippen molar-refractivity contribution in [1.29, 1.82) is 0 Å². The molecule has 122 valence electrons. The molecule has 22 heavy (non-hydrogen) atoms. The Bertz CT molecular complexity index is 523. The lowest BCUT2D eigenvalue weighted by Gasteiger charge is -2.30. The van der Waals surface area contributed by atoms with Crippen molar-refractivity contribution in [3.63, 3.8) is 0 Å². The second-order valence-corrected chi connectivity index (χ2v) is 7.37. The molecular formula is C17H24O5. The molecule has 0 spiro atoms. The number of fused-ring (bicyclic) bond motifs is 2. The van der Waals surface area contributed by atoms with E-state index in [9.17, 15) is 14.7 Å². The molecule has 0 aromatic carbocycles. The number of hydrogen-bond acceptors (Lipinski definition) is 5. The van der Waals surface area contributed by atoms with E-state index < -0.39 is 5.60 Å².